The Morgan fingerprint density at radius 3 is 2.22 bits per heavy atom. The lowest BCUT2D eigenvalue weighted by atomic mass is 9.87. The summed E-state index contributed by atoms with van der Waals surface area (Å²) in [5.41, 5.74) is 2.53. The number of carbonyl (C=O) groups excluding carboxylic acids is 2. The lowest BCUT2D eigenvalue weighted by Crippen LogP contribution is -2.38. The monoisotopic (exact) mass is 515 g/mol. The second-order valence-corrected chi connectivity index (χ2v) is 10.7. The first-order chi connectivity index (χ1) is 15.1. The molecule has 1 N–H and O–H groups in total. The molecule has 3 aromatic rings. The van der Waals surface area contributed by atoms with Gasteiger partial charge in [-0.2, -0.15) is 0 Å². The first-order valence-corrected chi connectivity index (χ1v) is 11.6. The number of halogens is 1. The smallest absolute Gasteiger partial charge is 0.266 e. The summed E-state index contributed by atoms with van der Waals surface area (Å²) >= 11 is 4.51. The van der Waals surface area contributed by atoms with Crippen molar-refractivity contribution in [1.82, 2.24) is 9.88 Å². The maximum absolute atomic E-state index is 13.4. The Kier molecular flexibility index (Phi) is 7.36. The van der Waals surface area contributed by atoms with E-state index in [9.17, 15) is 9.59 Å². The van der Waals surface area contributed by atoms with Gasteiger partial charge in [-0.05, 0) is 56.7 Å². The van der Waals surface area contributed by atoms with Crippen molar-refractivity contribution in [3.63, 3.8) is 0 Å². The van der Waals surface area contributed by atoms with Crippen LogP contribution in [-0.2, 0) is 10.2 Å². The molecule has 6 nitrogen and oxygen atoms in total. The Balaban J connectivity index is 1.90. The van der Waals surface area contributed by atoms with Crippen LogP contribution in [0.2, 0.25) is 0 Å². The largest absolute Gasteiger partial charge is 0.497 e. The van der Waals surface area contributed by atoms with Crippen LogP contribution in [0, 0.1) is 0 Å². The minimum atomic E-state index is -0.837. The van der Waals surface area contributed by atoms with Crippen molar-refractivity contribution in [2.75, 3.05) is 19.5 Å². The van der Waals surface area contributed by atoms with Gasteiger partial charge in [0.15, 0.2) is 3.92 Å². The molecule has 0 aliphatic rings. The fourth-order valence-corrected chi connectivity index (χ4v) is 4.49. The molecule has 0 saturated carbocycles. The summed E-state index contributed by atoms with van der Waals surface area (Å²) in [6.07, 6.45) is 1.50. The molecule has 0 aliphatic carbocycles. The fraction of sp³-hybridized carbons (Fsp3) is 0.292. The molecule has 0 spiro atoms. The number of thiazole rings is 1. The van der Waals surface area contributed by atoms with Crippen molar-refractivity contribution in [3.05, 3.63) is 74.6 Å². The predicted octanol–water partition coefficient (Wildman–Crippen LogP) is 5.66. The number of nitrogens with one attached hydrogen (secondary N) is 1. The Morgan fingerprint density at radius 2 is 1.72 bits per heavy atom. The van der Waals surface area contributed by atoms with Crippen LogP contribution in [0.15, 0.2) is 58.6 Å². The summed E-state index contributed by atoms with van der Waals surface area (Å²) in [7, 11) is 3.20. The van der Waals surface area contributed by atoms with Gasteiger partial charge in [0.25, 0.3) is 11.8 Å². The molecule has 1 atom stereocenters. The van der Waals surface area contributed by atoms with Crippen LogP contribution in [0.3, 0.4) is 0 Å². The van der Waals surface area contributed by atoms with Crippen molar-refractivity contribution in [2.45, 2.75) is 32.2 Å². The van der Waals surface area contributed by atoms with Crippen LogP contribution in [0.1, 0.15) is 47.6 Å². The maximum Gasteiger partial charge on any atom is 0.266 e. The highest BCUT2D eigenvalue weighted by Crippen LogP contribution is 2.29. The van der Waals surface area contributed by atoms with Gasteiger partial charge >= 0.3 is 0 Å². The zero-order chi connectivity index (χ0) is 23.5. The van der Waals surface area contributed by atoms with E-state index in [1.165, 1.54) is 28.0 Å². The minimum absolute atomic E-state index is 0.0177. The standard InChI is InChI=1S/C24H26BrN3O3S/c1-24(2,3)16-8-10-17(11-9-16)27-21(29)20(15-6-12-18(31-5)13-7-15)28(4)22(30)19-14-26-23(25)32-19/h6-14,20H,1-5H3,(H,27,29). The summed E-state index contributed by atoms with van der Waals surface area (Å²) in [4.78, 5) is 32.4. The number of amides is 2. The van der Waals surface area contributed by atoms with E-state index in [1.54, 1.807) is 38.4 Å². The van der Waals surface area contributed by atoms with E-state index < -0.39 is 6.04 Å². The summed E-state index contributed by atoms with van der Waals surface area (Å²) in [5, 5.41) is 2.95. The van der Waals surface area contributed by atoms with Crippen LogP contribution < -0.4 is 10.1 Å². The highest BCUT2D eigenvalue weighted by atomic mass is 79.9. The number of likely N-dealkylation sites (N-methyl/N-ethyl adjacent to an activating group) is 1. The second kappa shape index (κ2) is 9.83. The molecular weight excluding hydrogens is 490 g/mol. The van der Waals surface area contributed by atoms with Crippen molar-refractivity contribution >= 4 is 44.8 Å². The van der Waals surface area contributed by atoms with E-state index in [0.717, 1.165) is 0 Å². The molecule has 0 aliphatic heterocycles. The number of methoxy groups -OCH3 is 1. The van der Waals surface area contributed by atoms with Gasteiger partial charge in [0.05, 0.1) is 13.3 Å². The number of aromatic nitrogens is 1. The molecule has 3 rings (SSSR count). The van der Waals surface area contributed by atoms with Gasteiger partial charge in [-0.3, -0.25) is 9.59 Å². The molecule has 1 heterocycles. The van der Waals surface area contributed by atoms with Crippen LogP contribution >= 0.6 is 27.3 Å². The SMILES string of the molecule is COc1ccc(C(C(=O)Nc2ccc(C(C)(C)C)cc2)N(C)C(=O)c2cnc(Br)s2)cc1. The predicted molar refractivity (Wildman–Crippen MR) is 131 cm³/mol. The number of hydrogen-bond acceptors (Lipinski definition) is 5. The molecular formula is C24H26BrN3O3S. The number of carbonyl (C=O) groups is 2. The van der Waals surface area contributed by atoms with Gasteiger partial charge in [-0.1, -0.05) is 45.0 Å². The average Bonchev–Trinajstić information content (AvgIpc) is 3.19. The van der Waals surface area contributed by atoms with Crippen molar-refractivity contribution < 1.29 is 14.3 Å². The molecule has 168 valence electrons. The molecule has 1 aromatic heterocycles. The zero-order valence-electron chi connectivity index (χ0n) is 18.7. The van der Waals surface area contributed by atoms with E-state index in [-0.39, 0.29) is 17.2 Å². The highest BCUT2D eigenvalue weighted by Gasteiger charge is 2.30. The van der Waals surface area contributed by atoms with Gasteiger partial charge < -0.3 is 15.0 Å². The van der Waals surface area contributed by atoms with Crippen LogP contribution in [0.25, 0.3) is 0 Å². The summed E-state index contributed by atoms with van der Waals surface area (Å²) < 4.78 is 5.84. The van der Waals surface area contributed by atoms with Crippen molar-refractivity contribution in [2.24, 2.45) is 0 Å². The Hall–Kier alpha value is -2.71. The van der Waals surface area contributed by atoms with Crippen LogP contribution in [0.4, 0.5) is 5.69 Å². The molecule has 0 fully saturated rings. The third kappa shape index (κ3) is 5.55. The van der Waals surface area contributed by atoms with Gasteiger partial charge in [0.1, 0.15) is 16.7 Å². The molecule has 1 unspecified atom stereocenters. The van der Waals surface area contributed by atoms with Crippen LogP contribution in [0.5, 0.6) is 5.75 Å². The van der Waals surface area contributed by atoms with Gasteiger partial charge in [-0.15, -0.1) is 11.3 Å². The number of hydrogen-bond donors (Lipinski definition) is 1. The minimum Gasteiger partial charge on any atom is -0.497 e. The van der Waals surface area contributed by atoms with Crippen LogP contribution in [-0.4, -0.2) is 35.9 Å². The summed E-state index contributed by atoms with van der Waals surface area (Å²) in [6.45, 7) is 6.41. The number of rotatable bonds is 6. The van der Waals surface area contributed by atoms with E-state index in [1.807, 2.05) is 24.3 Å². The molecule has 0 saturated heterocycles. The molecule has 0 bridgehead atoms. The van der Waals surface area contributed by atoms with E-state index in [2.05, 4.69) is 47.0 Å². The third-order valence-corrected chi connectivity index (χ3v) is 6.56. The lowest BCUT2D eigenvalue weighted by Gasteiger charge is -2.27. The number of anilines is 1. The van der Waals surface area contributed by atoms with Gasteiger partial charge in [0.2, 0.25) is 0 Å². The second-order valence-electron chi connectivity index (χ2n) is 8.39. The number of benzene rings is 2. The first kappa shape index (κ1) is 23.9. The summed E-state index contributed by atoms with van der Waals surface area (Å²) in [6, 6.07) is 14.1. The molecule has 2 aromatic carbocycles. The van der Waals surface area contributed by atoms with Gasteiger partial charge in [0, 0.05) is 12.7 Å². The van der Waals surface area contributed by atoms with Crippen molar-refractivity contribution in [3.8, 4) is 5.75 Å². The molecule has 2 amide bonds. The number of nitrogens with zero attached hydrogens (tertiary/aromatic N) is 2. The van der Waals surface area contributed by atoms with E-state index in [4.69, 9.17) is 4.74 Å². The number of ether oxygens (including phenoxy) is 1. The first-order valence-electron chi connectivity index (χ1n) is 10.0. The maximum atomic E-state index is 13.4. The van der Waals surface area contributed by atoms with E-state index >= 15 is 0 Å². The van der Waals surface area contributed by atoms with Crippen molar-refractivity contribution in [1.29, 1.82) is 0 Å². The lowest BCUT2D eigenvalue weighted by molar-refractivity contribution is -0.120. The highest BCUT2D eigenvalue weighted by molar-refractivity contribution is 9.11. The Bertz CT molecular complexity index is 1090. The third-order valence-electron chi connectivity index (χ3n) is 5.09. The molecule has 32 heavy (non-hydrogen) atoms. The Morgan fingerprint density at radius 1 is 1.09 bits per heavy atom. The molecule has 0 radical (unpaired) electrons. The zero-order valence-corrected chi connectivity index (χ0v) is 21.1. The molecule has 8 heteroatoms. The average molecular weight is 516 g/mol. The van der Waals surface area contributed by atoms with Gasteiger partial charge in [-0.25, -0.2) is 4.98 Å². The Labute approximate surface area is 200 Å². The quantitative estimate of drug-likeness (QED) is 0.459. The normalized spacial score (nSPS) is 12.2. The topological polar surface area (TPSA) is 71.5 Å². The fourth-order valence-electron chi connectivity index (χ4n) is 3.24. The van der Waals surface area contributed by atoms with E-state index in [0.29, 0.717) is 25.8 Å². The summed E-state index contributed by atoms with van der Waals surface area (Å²) in [5.74, 6) is 0.0800.